The summed E-state index contributed by atoms with van der Waals surface area (Å²) in [7, 11) is 0. The van der Waals surface area contributed by atoms with Gasteiger partial charge in [0.2, 0.25) is 0 Å². The fourth-order valence-corrected chi connectivity index (χ4v) is 1.72. The van der Waals surface area contributed by atoms with Crippen LogP contribution >= 0.6 is 0 Å². The third-order valence-electron chi connectivity index (χ3n) is 2.44. The molecule has 0 amide bonds. The third-order valence-corrected chi connectivity index (χ3v) is 2.44. The van der Waals surface area contributed by atoms with Gasteiger partial charge >= 0.3 is 5.97 Å². The van der Waals surface area contributed by atoms with Crippen LogP contribution in [-0.2, 0) is 11.2 Å². The number of hydrogen-bond donors (Lipinski definition) is 0. The van der Waals surface area contributed by atoms with Crippen molar-refractivity contribution in [3.63, 3.8) is 0 Å². The van der Waals surface area contributed by atoms with Gasteiger partial charge < -0.3 is 4.74 Å². The van der Waals surface area contributed by atoms with E-state index in [-0.39, 0.29) is 12.1 Å². The van der Waals surface area contributed by atoms with Crippen molar-refractivity contribution in [2.24, 2.45) is 0 Å². The summed E-state index contributed by atoms with van der Waals surface area (Å²) in [5.74, 6) is -0.211. The normalized spacial score (nSPS) is 18.9. The lowest BCUT2D eigenvalue weighted by Crippen LogP contribution is -1.94. The monoisotopic (exact) mass is 188 g/mol. The lowest BCUT2D eigenvalue weighted by Gasteiger charge is -2.03. The van der Waals surface area contributed by atoms with Crippen LogP contribution in [0.25, 0.3) is 0 Å². The summed E-state index contributed by atoms with van der Waals surface area (Å²) in [6, 6.07) is 5.80. The molecule has 0 spiro atoms. The number of hydrogen-bond acceptors (Lipinski definition) is 2. The summed E-state index contributed by atoms with van der Waals surface area (Å²) in [6.45, 7) is 5.58. The molecule has 0 saturated heterocycles. The molecule has 0 aliphatic carbocycles. The van der Waals surface area contributed by atoms with Crippen LogP contribution in [0.5, 0.6) is 0 Å². The SMILES string of the molecule is C=CCc1ccc2c(c1)[C@H](C)OC2=O. The molecular formula is C12H12O2. The van der Waals surface area contributed by atoms with Crippen LogP contribution in [0.15, 0.2) is 30.9 Å². The first-order valence-electron chi connectivity index (χ1n) is 4.67. The smallest absolute Gasteiger partial charge is 0.339 e. The van der Waals surface area contributed by atoms with Gasteiger partial charge in [-0.2, -0.15) is 0 Å². The number of allylic oxidation sites excluding steroid dienone is 1. The largest absolute Gasteiger partial charge is 0.454 e. The maximum Gasteiger partial charge on any atom is 0.339 e. The Labute approximate surface area is 83.2 Å². The molecule has 2 nitrogen and oxygen atoms in total. The summed E-state index contributed by atoms with van der Waals surface area (Å²) in [4.78, 5) is 11.3. The molecule has 0 N–H and O–H groups in total. The molecule has 2 heteroatoms. The Morgan fingerprint density at radius 1 is 1.57 bits per heavy atom. The number of cyclic esters (lactones) is 1. The summed E-state index contributed by atoms with van der Waals surface area (Å²) >= 11 is 0. The number of fused-ring (bicyclic) bond motifs is 1. The van der Waals surface area contributed by atoms with Crippen molar-refractivity contribution >= 4 is 5.97 Å². The predicted octanol–water partition coefficient (Wildman–Crippen LogP) is 2.65. The van der Waals surface area contributed by atoms with E-state index in [2.05, 4.69) is 6.58 Å². The molecule has 1 aromatic rings. The molecule has 2 rings (SSSR count). The van der Waals surface area contributed by atoms with Crippen LogP contribution in [0.3, 0.4) is 0 Å². The highest BCUT2D eigenvalue weighted by atomic mass is 16.5. The van der Waals surface area contributed by atoms with E-state index in [1.54, 1.807) is 0 Å². The van der Waals surface area contributed by atoms with Crippen molar-refractivity contribution in [1.82, 2.24) is 0 Å². The average Bonchev–Trinajstić information content (AvgIpc) is 2.43. The highest BCUT2D eigenvalue weighted by molar-refractivity contribution is 5.94. The number of carbonyl (C=O) groups excluding carboxylic acids is 1. The number of ether oxygens (including phenoxy) is 1. The second kappa shape index (κ2) is 3.29. The zero-order valence-corrected chi connectivity index (χ0v) is 8.12. The molecule has 1 aliphatic heterocycles. The van der Waals surface area contributed by atoms with Gasteiger partial charge in [-0.05, 0) is 25.0 Å². The fourth-order valence-electron chi connectivity index (χ4n) is 1.72. The molecule has 1 aliphatic rings. The molecule has 0 saturated carbocycles. The van der Waals surface area contributed by atoms with Gasteiger partial charge in [0, 0.05) is 5.56 Å². The Morgan fingerprint density at radius 3 is 3.07 bits per heavy atom. The Hall–Kier alpha value is -1.57. The van der Waals surface area contributed by atoms with E-state index in [1.807, 2.05) is 31.2 Å². The predicted molar refractivity (Wildman–Crippen MR) is 54.2 cm³/mol. The summed E-state index contributed by atoms with van der Waals surface area (Å²) in [6.07, 6.45) is 2.57. The lowest BCUT2D eigenvalue weighted by atomic mass is 10.0. The molecule has 1 aromatic carbocycles. The number of carbonyl (C=O) groups is 1. The van der Waals surface area contributed by atoms with Gasteiger partial charge in [0.15, 0.2) is 0 Å². The van der Waals surface area contributed by atoms with Gasteiger partial charge in [-0.1, -0.05) is 18.2 Å². The molecular weight excluding hydrogens is 176 g/mol. The Morgan fingerprint density at radius 2 is 2.36 bits per heavy atom. The van der Waals surface area contributed by atoms with Gasteiger partial charge in [0.05, 0.1) is 5.56 Å². The van der Waals surface area contributed by atoms with E-state index < -0.39 is 0 Å². The second-order valence-electron chi connectivity index (χ2n) is 3.46. The average molecular weight is 188 g/mol. The highest BCUT2D eigenvalue weighted by Gasteiger charge is 2.27. The molecule has 1 atom stereocenters. The van der Waals surface area contributed by atoms with E-state index >= 15 is 0 Å². The lowest BCUT2D eigenvalue weighted by molar-refractivity contribution is 0.0422. The van der Waals surface area contributed by atoms with Crippen LogP contribution in [-0.4, -0.2) is 5.97 Å². The minimum absolute atomic E-state index is 0.109. The van der Waals surface area contributed by atoms with E-state index in [1.165, 1.54) is 5.56 Å². The van der Waals surface area contributed by atoms with E-state index in [0.29, 0.717) is 5.56 Å². The quantitative estimate of drug-likeness (QED) is 0.526. The van der Waals surface area contributed by atoms with Gasteiger partial charge in [-0.15, -0.1) is 6.58 Å². The summed E-state index contributed by atoms with van der Waals surface area (Å²) in [5.41, 5.74) is 2.86. The molecule has 1 heterocycles. The maximum absolute atomic E-state index is 11.3. The highest BCUT2D eigenvalue weighted by Crippen LogP contribution is 2.30. The maximum atomic E-state index is 11.3. The van der Waals surface area contributed by atoms with Crippen molar-refractivity contribution in [1.29, 1.82) is 0 Å². The summed E-state index contributed by atoms with van der Waals surface area (Å²) in [5, 5.41) is 0. The summed E-state index contributed by atoms with van der Waals surface area (Å²) < 4.78 is 5.10. The van der Waals surface area contributed by atoms with Crippen molar-refractivity contribution in [2.45, 2.75) is 19.4 Å². The Balaban J connectivity index is 2.44. The van der Waals surface area contributed by atoms with Gasteiger partial charge in [0.1, 0.15) is 6.10 Å². The van der Waals surface area contributed by atoms with E-state index in [4.69, 9.17) is 4.74 Å². The number of benzene rings is 1. The Bertz CT molecular complexity index is 393. The second-order valence-corrected chi connectivity index (χ2v) is 3.46. The van der Waals surface area contributed by atoms with Crippen molar-refractivity contribution in [3.05, 3.63) is 47.5 Å². The van der Waals surface area contributed by atoms with Crippen molar-refractivity contribution in [2.75, 3.05) is 0 Å². The molecule has 0 aromatic heterocycles. The first-order valence-corrected chi connectivity index (χ1v) is 4.67. The molecule has 0 bridgehead atoms. The zero-order chi connectivity index (χ0) is 10.1. The van der Waals surface area contributed by atoms with Crippen LogP contribution in [0, 0.1) is 0 Å². The molecule has 14 heavy (non-hydrogen) atoms. The van der Waals surface area contributed by atoms with Gasteiger partial charge in [-0.3, -0.25) is 0 Å². The molecule has 0 radical (unpaired) electrons. The van der Waals surface area contributed by atoms with Gasteiger partial charge in [0.25, 0.3) is 0 Å². The fraction of sp³-hybridized carbons (Fsp3) is 0.250. The van der Waals surface area contributed by atoms with E-state index in [0.717, 1.165) is 12.0 Å². The first kappa shape index (κ1) is 9.00. The van der Waals surface area contributed by atoms with Crippen LogP contribution in [0.2, 0.25) is 0 Å². The third kappa shape index (κ3) is 1.33. The minimum atomic E-state index is -0.211. The van der Waals surface area contributed by atoms with Crippen LogP contribution in [0.4, 0.5) is 0 Å². The van der Waals surface area contributed by atoms with Crippen molar-refractivity contribution in [3.8, 4) is 0 Å². The van der Waals surface area contributed by atoms with E-state index in [9.17, 15) is 4.79 Å². The molecule has 72 valence electrons. The first-order chi connectivity index (χ1) is 6.72. The van der Waals surface area contributed by atoms with Gasteiger partial charge in [-0.25, -0.2) is 4.79 Å². The van der Waals surface area contributed by atoms with Crippen molar-refractivity contribution < 1.29 is 9.53 Å². The standard InChI is InChI=1S/C12H12O2/c1-3-4-9-5-6-10-11(7-9)8(2)14-12(10)13/h3,5-8H,1,4H2,2H3/t8-/m0/s1. The topological polar surface area (TPSA) is 26.3 Å². The molecule has 0 fully saturated rings. The molecule has 0 unspecified atom stereocenters. The van der Waals surface area contributed by atoms with Crippen LogP contribution < -0.4 is 0 Å². The minimum Gasteiger partial charge on any atom is -0.454 e. The van der Waals surface area contributed by atoms with Crippen LogP contribution in [0.1, 0.15) is 34.5 Å². The number of esters is 1. The zero-order valence-electron chi connectivity index (χ0n) is 8.12. The number of rotatable bonds is 2. The Kier molecular flexibility index (Phi) is 2.12.